The number of aryl methyl sites for hydroxylation is 1. The van der Waals surface area contributed by atoms with Gasteiger partial charge in [-0.15, -0.1) is 0 Å². The van der Waals surface area contributed by atoms with E-state index < -0.39 is 11.8 Å². The monoisotopic (exact) mass is 446 g/mol. The Morgan fingerprint density at radius 2 is 1.70 bits per heavy atom. The molecule has 30 heavy (non-hydrogen) atoms. The third-order valence-electron chi connectivity index (χ3n) is 5.59. The molecule has 6 nitrogen and oxygen atoms in total. The first-order valence-electron chi connectivity index (χ1n) is 9.59. The van der Waals surface area contributed by atoms with Gasteiger partial charge in [0.05, 0.1) is 40.4 Å². The first-order chi connectivity index (χ1) is 14.3. The van der Waals surface area contributed by atoms with Crippen molar-refractivity contribution in [3.8, 4) is 0 Å². The number of carbonyl (C=O) groups excluding carboxylic acids is 3. The maximum atomic E-state index is 13.1. The Balaban J connectivity index is 1.52. The van der Waals surface area contributed by atoms with E-state index in [0.717, 1.165) is 16.0 Å². The standard InChI is InChI=1S/C22H20Cl2N2O4/c1-12-5-3-4-6-14(12)19-9-25(13(2)11-30-19)20(27)10-26-21(28)15-7-17(23)18(24)8-16(15)22(26)29/h3-8,13,19H,9-11H2,1-2H3/t13-,19-/m1/s1. The molecule has 1 fully saturated rings. The van der Waals surface area contributed by atoms with E-state index in [1.807, 2.05) is 38.1 Å². The van der Waals surface area contributed by atoms with Crippen molar-refractivity contribution in [2.45, 2.75) is 26.0 Å². The van der Waals surface area contributed by atoms with Crippen LogP contribution >= 0.6 is 23.2 Å². The molecule has 0 saturated carbocycles. The van der Waals surface area contributed by atoms with Gasteiger partial charge in [0.1, 0.15) is 12.6 Å². The number of carbonyl (C=O) groups is 3. The van der Waals surface area contributed by atoms with E-state index in [1.165, 1.54) is 12.1 Å². The highest BCUT2D eigenvalue weighted by atomic mass is 35.5. The number of benzene rings is 2. The molecule has 0 aromatic heterocycles. The molecule has 2 aliphatic rings. The molecule has 2 aromatic rings. The fourth-order valence-corrected chi connectivity index (χ4v) is 4.22. The van der Waals surface area contributed by atoms with Crippen molar-refractivity contribution >= 4 is 40.9 Å². The molecule has 0 bridgehead atoms. The smallest absolute Gasteiger partial charge is 0.262 e. The van der Waals surface area contributed by atoms with Crippen LogP contribution in [0.25, 0.3) is 0 Å². The van der Waals surface area contributed by atoms with Crippen LogP contribution in [0.1, 0.15) is 44.9 Å². The summed E-state index contributed by atoms with van der Waals surface area (Å²) in [7, 11) is 0. The van der Waals surface area contributed by atoms with Gasteiger partial charge in [0.25, 0.3) is 11.8 Å². The van der Waals surface area contributed by atoms with Crippen LogP contribution in [0.5, 0.6) is 0 Å². The van der Waals surface area contributed by atoms with Gasteiger partial charge in [0.2, 0.25) is 5.91 Å². The van der Waals surface area contributed by atoms with Crippen LogP contribution in [0.15, 0.2) is 36.4 Å². The average molecular weight is 447 g/mol. The number of amides is 3. The zero-order valence-corrected chi connectivity index (χ0v) is 18.0. The third-order valence-corrected chi connectivity index (χ3v) is 6.32. The van der Waals surface area contributed by atoms with E-state index in [2.05, 4.69) is 0 Å². The second-order valence-corrected chi connectivity index (χ2v) is 8.40. The summed E-state index contributed by atoms with van der Waals surface area (Å²) >= 11 is 12.0. The Kier molecular flexibility index (Phi) is 5.57. The van der Waals surface area contributed by atoms with Crippen LogP contribution < -0.4 is 0 Å². The maximum Gasteiger partial charge on any atom is 0.262 e. The van der Waals surface area contributed by atoms with Crippen molar-refractivity contribution in [3.63, 3.8) is 0 Å². The van der Waals surface area contributed by atoms with Gasteiger partial charge in [0.15, 0.2) is 0 Å². The van der Waals surface area contributed by atoms with Crippen LogP contribution in [0.2, 0.25) is 10.0 Å². The van der Waals surface area contributed by atoms with Gasteiger partial charge in [-0.3, -0.25) is 19.3 Å². The van der Waals surface area contributed by atoms with Gasteiger partial charge in [-0.2, -0.15) is 0 Å². The topological polar surface area (TPSA) is 66.9 Å². The molecule has 0 N–H and O–H groups in total. The molecule has 0 spiro atoms. The lowest BCUT2D eigenvalue weighted by molar-refractivity contribution is -0.144. The van der Waals surface area contributed by atoms with E-state index in [9.17, 15) is 14.4 Å². The van der Waals surface area contributed by atoms with Crippen molar-refractivity contribution in [3.05, 3.63) is 68.7 Å². The molecule has 4 rings (SSSR count). The molecule has 0 radical (unpaired) electrons. The SMILES string of the molecule is Cc1ccccc1[C@H]1CN(C(=O)CN2C(=O)c3cc(Cl)c(Cl)cc3C2=O)[C@H](C)CO1. The second-order valence-electron chi connectivity index (χ2n) is 7.58. The lowest BCUT2D eigenvalue weighted by atomic mass is 10.0. The highest BCUT2D eigenvalue weighted by Gasteiger charge is 2.39. The number of morpholine rings is 1. The third kappa shape index (κ3) is 3.60. The fourth-order valence-electron chi connectivity index (χ4n) is 3.89. The highest BCUT2D eigenvalue weighted by molar-refractivity contribution is 6.43. The minimum atomic E-state index is -0.543. The highest BCUT2D eigenvalue weighted by Crippen LogP contribution is 2.32. The number of hydrogen-bond donors (Lipinski definition) is 0. The zero-order valence-electron chi connectivity index (χ0n) is 16.5. The quantitative estimate of drug-likeness (QED) is 0.670. The van der Waals surface area contributed by atoms with Gasteiger partial charge >= 0.3 is 0 Å². The Hall–Kier alpha value is -2.41. The number of rotatable bonds is 3. The molecule has 156 valence electrons. The van der Waals surface area contributed by atoms with Crippen LogP contribution in [0.3, 0.4) is 0 Å². The number of ether oxygens (including phenoxy) is 1. The molecule has 8 heteroatoms. The van der Waals surface area contributed by atoms with E-state index in [-0.39, 0.29) is 45.8 Å². The van der Waals surface area contributed by atoms with E-state index in [4.69, 9.17) is 27.9 Å². The summed E-state index contributed by atoms with van der Waals surface area (Å²) in [5.41, 5.74) is 2.43. The molecule has 2 atom stereocenters. The number of imide groups is 1. The van der Waals surface area contributed by atoms with Crippen LogP contribution in [0.4, 0.5) is 0 Å². The number of nitrogens with zero attached hydrogens (tertiary/aromatic N) is 2. The van der Waals surface area contributed by atoms with Crippen LogP contribution in [-0.4, -0.2) is 53.3 Å². The van der Waals surface area contributed by atoms with Crippen molar-refractivity contribution in [1.29, 1.82) is 0 Å². The summed E-state index contributed by atoms with van der Waals surface area (Å²) in [5, 5.41) is 0.375. The molecular formula is C22H20Cl2N2O4. The Morgan fingerprint density at radius 1 is 1.10 bits per heavy atom. The molecule has 2 aromatic carbocycles. The summed E-state index contributed by atoms with van der Waals surface area (Å²) in [6.45, 7) is 4.27. The second kappa shape index (κ2) is 8.02. The maximum absolute atomic E-state index is 13.1. The Bertz CT molecular complexity index is 1010. The number of halogens is 2. The summed E-state index contributed by atoms with van der Waals surface area (Å²) in [6, 6.07) is 10.4. The van der Waals surface area contributed by atoms with Crippen molar-refractivity contribution in [2.24, 2.45) is 0 Å². The van der Waals surface area contributed by atoms with Crippen molar-refractivity contribution < 1.29 is 19.1 Å². The summed E-state index contributed by atoms with van der Waals surface area (Å²) in [5.74, 6) is -1.40. The van der Waals surface area contributed by atoms with Crippen molar-refractivity contribution in [1.82, 2.24) is 9.80 Å². The Morgan fingerprint density at radius 3 is 2.30 bits per heavy atom. The minimum absolute atomic E-state index is 0.162. The molecule has 3 amide bonds. The normalized spacial score (nSPS) is 21.2. The zero-order chi connectivity index (χ0) is 21.6. The summed E-state index contributed by atoms with van der Waals surface area (Å²) in [4.78, 5) is 41.1. The first-order valence-corrected chi connectivity index (χ1v) is 10.4. The Labute approximate surface area is 184 Å². The molecule has 0 aliphatic carbocycles. The van der Waals surface area contributed by atoms with Crippen LogP contribution in [0, 0.1) is 6.92 Å². The van der Waals surface area contributed by atoms with Gasteiger partial charge < -0.3 is 9.64 Å². The largest absolute Gasteiger partial charge is 0.370 e. The van der Waals surface area contributed by atoms with E-state index in [0.29, 0.717) is 13.2 Å². The predicted molar refractivity (Wildman–Crippen MR) is 113 cm³/mol. The van der Waals surface area contributed by atoms with Gasteiger partial charge in [0, 0.05) is 0 Å². The van der Waals surface area contributed by atoms with Crippen LogP contribution in [-0.2, 0) is 9.53 Å². The lowest BCUT2D eigenvalue weighted by Crippen LogP contribution is -2.52. The molecular weight excluding hydrogens is 427 g/mol. The van der Waals surface area contributed by atoms with Gasteiger partial charge in [-0.1, -0.05) is 47.5 Å². The van der Waals surface area contributed by atoms with E-state index >= 15 is 0 Å². The first kappa shape index (κ1) is 20.8. The predicted octanol–water partition coefficient (Wildman–Crippen LogP) is 3.89. The summed E-state index contributed by atoms with van der Waals surface area (Å²) < 4.78 is 5.96. The minimum Gasteiger partial charge on any atom is -0.370 e. The summed E-state index contributed by atoms with van der Waals surface area (Å²) in [6.07, 6.45) is -0.258. The molecule has 2 aliphatic heterocycles. The fraction of sp³-hybridized carbons (Fsp3) is 0.318. The molecule has 2 heterocycles. The van der Waals surface area contributed by atoms with E-state index in [1.54, 1.807) is 4.90 Å². The number of hydrogen-bond acceptors (Lipinski definition) is 4. The lowest BCUT2D eigenvalue weighted by Gasteiger charge is -2.39. The van der Waals surface area contributed by atoms with Gasteiger partial charge in [-0.25, -0.2) is 0 Å². The number of fused-ring (bicyclic) bond motifs is 1. The molecule has 1 saturated heterocycles. The average Bonchev–Trinajstić information content (AvgIpc) is 2.93. The molecule has 0 unspecified atom stereocenters. The van der Waals surface area contributed by atoms with Gasteiger partial charge in [-0.05, 0) is 37.1 Å². The van der Waals surface area contributed by atoms with Crippen molar-refractivity contribution in [2.75, 3.05) is 19.7 Å².